The van der Waals surface area contributed by atoms with Crippen molar-refractivity contribution in [1.82, 2.24) is 0 Å². The maximum atomic E-state index is 11.5. The summed E-state index contributed by atoms with van der Waals surface area (Å²) in [5, 5.41) is 47.4. The fraction of sp³-hybridized carbons (Fsp3) is 0.917. The summed E-state index contributed by atoms with van der Waals surface area (Å²) in [6.07, 6.45) is -6.65. The smallest absolute Gasteiger partial charge is 0.364 e. The van der Waals surface area contributed by atoms with Gasteiger partial charge in [-0.2, -0.15) is 0 Å². The largest absolute Gasteiger partial charge is 0.477 e. The van der Waals surface area contributed by atoms with Crippen LogP contribution in [0.15, 0.2) is 0 Å². The second kappa shape index (κ2) is 8.70. The van der Waals surface area contributed by atoms with Crippen LogP contribution in [0.2, 0.25) is 0 Å². The summed E-state index contributed by atoms with van der Waals surface area (Å²) in [6, 6.07) is 0. The SMILES string of the molecule is NCCOCCOC1(C(=O)O)CC(O)C(O)C(C(O)CO)O1. The Balaban J connectivity index is 2.76. The molecule has 0 spiro atoms. The molecule has 10 nitrogen and oxygen atoms in total. The maximum absolute atomic E-state index is 11.5. The molecule has 0 aromatic carbocycles. The highest BCUT2D eigenvalue weighted by Gasteiger charge is 2.54. The monoisotopic (exact) mass is 325 g/mol. The van der Waals surface area contributed by atoms with E-state index in [4.69, 9.17) is 25.1 Å². The van der Waals surface area contributed by atoms with Crippen molar-refractivity contribution in [3.05, 3.63) is 0 Å². The molecule has 1 rings (SSSR count). The van der Waals surface area contributed by atoms with E-state index in [0.29, 0.717) is 6.54 Å². The van der Waals surface area contributed by atoms with E-state index in [9.17, 15) is 25.2 Å². The summed E-state index contributed by atoms with van der Waals surface area (Å²) >= 11 is 0. The molecule has 5 unspecified atom stereocenters. The molecular weight excluding hydrogens is 302 g/mol. The zero-order valence-electron chi connectivity index (χ0n) is 12.0. The van der Waals surface area contributed by atoms with E-state index in [1.807, 2.05) is 0 Å². The van der Waals surface area contributed by atoms with Crippen molar-refractivity contribution >= 4 is 5.97 Å². The lowest BCUT2D eigenvalue weighted by Crippen LogP contribution is -2.62. The quantitative estimate of drug-likeness (QED) is 0.235. The Morgan fingerprint density at radius 1 is 1.36 bits per heavy atom. The maximum Gasteiger partial charge on any atom is 0.364 e. The van der Waals surface area contributed by atoms with Gasteiger partial charge in [0.2, 0.25) is 0 Å². The van der Waals surface area contributed by atoms with Gasteiger partial charge in [0.1, 0.15) is 18.3 Å². The lowest BCUT2D eigenvalue weighted by Gasteiger charge is -2.43. The van der Waals surface area contributed by atoms with Crippen LogP contribution in [0.3, 0.4) is 0 Å². The molecule has 0 aromatic rings. The number of aliphatic hydroxyl groups is 4. The molecule has 1 saturated heterocycles. The average molecular weight is 325 g/mol. The van der Waals surface area contributed by atoms with Gasteiger partial charge in [0.05, 0.1) is 32.5 Å². The second-order valence-corrected chi connectivity index (χ2v) is 4.90. The Bertz CT molecular complexity index is 355. The van der Waals surface area contributed by atoms with Gasteiger partial charge in [0.25, 0.3) is 5.79 Å². The van der Waals surface area contributed by atoms with E-state index in [1.165, 1.54) is 0 Å². The number of carbonyl (C=O) groups is 1. The van der Waals surface area contributed by atoms with Crippen LogP contribution in [0.4, 0.5) is 0 Å². The van der Waals surface area contributed by atoms with Crippen LogP contribution in [0, 0.1) is 0 Å². The first-order valence-corrected chi connectivity index (χ1v) is 6.86. The molecule has 1 aliphatic rings. The third kappa shape index (κ3) is 4.57. The number of aliphatic hydroxyl groups excluding tert-OH is 4. The molecule has 7 N–H and O–H groups in total. The van der Waals surface area contributed by atoms with Gasteiger partial charge in [-0.05, 0) is 0 Å². The van der Waals surface area contributed by atoms with Gasteiger partial charge < -0.3 is 45.5 Å². The summed E-state index contributed by atoms with van der Waals surface area (Å²) in [5.74, 6) is -3.77. The normalized spacial score (nSPS) is 33.6. The molecule has 10 heteroatoms. The van der Waals surface area contributed by atoms with E-state index >= 15 is 0 Å². The van der Waals surface area contributed by atoms with Gasteiger partial charge in [-0.1, -0.05) is 0 Å². The lowest BCUT2D eigenvalue weighted by molar-refractivity contribution is -0.325. The number of aliphatic carboxylic acids is 1. The molecule has 0 amide bonds. The van der Waals surface area contributed by atoms with E-state index in [2.05, 4.69) is 0 Å². The number of nitrogens with two attached hydrogens (primary N) is 1. The number of carboxylic acid groups (broad SMARTS) is 1. The van der Waals surface area contributed by atoms with Crippen LogP contribution in [0.1, 0.15) is 6.42 Å². The van der Waals surface area contributed by atoms with Gasteiger partial charge in [0.15, 0.2) is 0 Å². The zero-order chi connectivity index (χ0) is 16.8. The van der Waals surface area contributed by atoms with Gasteiger partial charge in [0, 0.05) is 13.0 Å². The molecular formula is C12H23NO9. The zero-order valence-corrected chi connectivity index (χ0v) is 12.0. The molecule has 130 valence electrons. The molecule has 0 aromatic heterocycles. The van der Waals surface area contributed by atoms with Gasteiger partial charge in [-0.3, -0.25) is 0 Å². The van der Waals surface area contributed by atoms with Crippen molar-refractivity contribution in [2.45, 2.75) is 36.6 Å². The van der Waals surface area contributed by atoms with Gasteiger partial charge >= 0.3 is 5.97 Å². The topological polar surface area (TPSA) is 172 Å². The molecule has 0 radical (unpaired) electrons. The van der Waals surface area contributed by atoms with E-state index in [-0.39, 0.29) is 19.8 Å². The molecule has 0 aliphatic carbocycles. The Labute approximate surface area is 127 Å². The van der Waals surface area contributed by atoms with Gasteiger partial charge in [-0.25, -0.2) is 4.79 Å². The van der Waals surface area contributed by atoms with Crippen LogP contribution < -0.4 is 5.73 Å². The van der Waals surface area contributed by atoms with E-state index in [0.717, 1.165) is 0 Å². The molecule has 0 bridgehead atoms. The van der Waals surface area contributed by atoms with Gasteiger partial charge in [-0.15, -0.1) is 0 Å². The molecule has 0 saturated carbocycles. The summed E-state index contributed by atoms with van der Waals surface area (Å²) in [5.41, 5.74) is 5.23. The van der Waals surface area contributed by atoms with Crippen molar-refractivity contribution in [1.29, 1.82) is 0 Å². The first-order valence-electron chi connectivity index (χ1n) is 6.86. The van der Waals surface area contributed by atoms with Crippen LogP contribution in [-0.4, -0.2) is 94.7 Å². The van der Waals surface area contributed by atoms with Crippen LogP contribution in [-0.2, 0) is 19.0 Å². The number of hydrogen-bond acceptors (Lipinski definition) is 9. The number of ether oxygens (including phenoxy) is 3. The van der Waals surface area contributed by atoms with Crippen LogP contribution in [0.25, 0.3) is 0 Å². The Morgan fingerprint density at radius 3 is 2.59 bits per heavy atom. The van der Waals surface area contributed by atoms with Crippen molar-refractivity contribution in [2.75, 3.05) is 33.0 Å². The summed E-state index contributed by atoms with van der Waals surface area (Å²) in [4.78, 5) is 11.5. The number of rotatable bonds is 9. The summed E-state index contributed by atoms with van der Waals surface area (Å²) in [7, 11) is 0. The first kappa shape index (κ1) is 19.2. The van der Waals surface area contributed by atoms with Crippen LogP contribution >= 0.6 is 0 Å². The Morgan fingerprint density at radius 2 is 2.05 bits per heavy atom. The third-order valence-electron chi connectivity index (χ3n) is 3.25. The van der Waals surface area contributed by atoms with Crippen LogP contribution in [0.5, 0.6) is 0 Å². The van der Waals surface area contributed by atoms with Crippen molar-refractivity contribution < 1.29 is 44.5 Å². The van der Waals surface area contributed by atoms with Crippen molar-refractivity contribution in [3.63, 3.8) is 0 Å². The fourth-order valence-corrected chi connectivity index (χ4v) is 2.11. The predicted octanol–water partition coefficient (Wildman–Crippen LogP) is -3.38. The fourth-order valence-electron chi connectivity index (χ4n) is 2.11. The highest BCUT2D eigenvalue weighted by molar-refractivity contribution is 5.76. The van der Waals surface area contributed by atoms with E-state index < -0.39 is 49.2 Å². The van der Waals surface area contributed by atoms with E-state index in [1.54, 1.807) is 0 Å². The molecule has 5 atom stereocenters. The average Bonchev–Trinajstić information content (AvgIpc) is 2.49. The highest BCUT2D eigenvalue weighted by atomic mass is 16.7. The highest BCUT2D eigenvalue weighted by Crippen LogP contribution is 2.32. The first-order chi connectivity index (χ1) is 10.4. The minimum absolute atomic E-state index is 0.0570. The third-order valence-corrected chi connectivity index (χ3v) is 3.25. The summed E-state index contributed by atoms with van der Waals surface area (Å²) < 4.78 is 15.4. The second-order valence-electron chi connectivity index (χ2n) is 4.90. The minimum atomic E-state index is -2.24. The lowest BCUT2D eigenvalue weighted by atomic mass is 9.92. The number of carboxylic acids is 1. The predicted molar refractivity (Wildman–Crippen MR) is 70.8 cm³/mol. The summed E-state index contributed by atoms with van der Waals surface area (Å²) in [6.45, 7) is -0.296. The van der Waals surface area contributed by atoms with Crippen molar-refractivity contribution in [3.8, 4) is 0 Å². The Kier molecular flexibility index (Phi) is 7.59. The number of hydrogen-bond donors (Lipinski definition) is 6. The molecule has 1 heterocycles. The molecule has 1 aliphatic heterocycles. The Hall–Kier alpha value is -0.850. The molecule has 22 heavy (non-hydrogen) atoms. The van der Waals surface area contributed by atoms with Crippen molar-refractivity contribution in [2.24, 2.45) is 5.73 Å². The standard InChI is InChI=1S/C12H23NO9/c13-1-2-20-3-4-21-12(11(18)19)5-7(15)9(17)10(22-12)8(16)6-14/h7-10,14-17H,1-6,13H2,(H,18,19). The molecule has 1 fully saturated rings. The minimum Gasteiger partial charge on any atom is -0.477 e.